The van der Waals surface area contributed by atoms with E-state index in [-0.39, 0.29) is 5.91 Å². The normalized spacial score (nSPS) is 19.5. The summed E-state index contributed by atoms with van der Waals surface area (Å²) in [6.45, 7) is 5.43. The summed E-state index contributed by atoms with van der Waals surface area (Å²) in [7, 11) is 0. The summed E-state index contributed by atoms with van der Waals surface area (Å²) in [5, 5.41) is 1.40. The number of amides is 1. The van der Waals surface area contributed by atoms with Crippen LogP contribution in [0.15, 0.2) is 0 Å². The number of nitrogens with two attached hydrogens (primary N) is 1. The Balaban J connectivity index is 2.36. The minimum atomic E-state index is -0.405. The fourth-order valence-corrected chi connectivity index (χ4v) is 1.41. The molecule has 4 nitrogen and oxygen atoms in total. The zero-order chi connectivity index (χ0) is 9.84. The Morgan fingerprint density at radius 3 is 2.77 bits per heavy atom. The molecular formula is C9H18N2O2. The lowest BCUT2D eigenvalue weighted by atomic mass is 10.0. The van der Waals surface area contributed by atoms with Crippen molar-refractivity contribution in [2.45, 2.75) is 32.7 Å². The Morgan fingerprint density at radius 2 is 2.31 bits per heavy atom. The first-order chi connectivity index (χ1) is 6.11. The molecule has 1 fully saturated rings. The summed E-state index contributed by atoms with van der Waals surface area (Å²) < 4.78 is 0. The lowest BCUT2D eigenvalue weighted by Gasteiger charge is -2.19. The lowest BCUT2D eigenvalue weighted by Crippen LogP contribution is -2.42. The topological polar surface area (TPSA) is 55.6 Å². The van der Waals surface area contributed by atoms with Crippen molar-refractivity contribution in [2.24, 2.45) is 11.7 Å². The molecule has 0 radical (unpaired) electrons. The standard InChI is InChI=1S/C9H18N2O2/c1-7(2)6-8(10)9(12)11-4-3-5-13-11/h7-8H,3-6,10H2,1-2H3. The van der Waals surface area contributed by atoms with Crippen molar-refractivity contribution >= 4 is 5.91 Å². The molecule has 0 aromatic rings. The van der Waals surface area contributed by atoms with E-state index in [1.54, 1.807) is 0 Å². The molecule has 76 valence electrons. The van der Waals surface area contributed by atoms with Gasteiger partial charge in [0.25, 0.3) is 5.91 Å². The van der Waals surface area contributed by atoms with Crippen LogP contribution in [-0.2, 0) is 9.63 Å². The Labute approximate surface area is 79.0 Å². The van der Waals surface area contributed by atoms with E-state index in [0.717, 1.165) is 12.8 Å². The second-order valence-corrected chi connectivity index (χ2v) is 3.86. The minimum absolute atomic E-state index is 0.0776. The third-order valence-electron chi connectivity index (χ3n) is 2.04. The molecule has 1 unspecified atom stereocenters. The molecule has 0 aromatic carbocycles. The van der Waals surface area contributed by atoms with Gasteiger partial charge in [0.05, 0.1) is 19.2 Å². The maximum absolute atomic E-state index is 11.6. The van der Waals surface area contributed by atoms with Crippen LogP contribution in [0.3, 0.4) is 0 Å². The van der Waals surface area contributed by atoms with Gasteiger partial charge >= 0.3 is 0 Å². The average molecular weight is 186 g/mol. The van der Waals surface area contributed by atoms with Gasteiger partial charge in [0, 0.05) is 0 Å². The van der Waals surface area contributed by atoms with Crippen LogP contribution in [0.2, 0.25) is 0 Å². The van der Waals surface area contributed by atoms with Gasteiger partial charge in [-0.05, 0) is 18.8 Å². The van der Waals surface area contributed by atoms with Gasteiger partial charge < -0.3 is 5.73 Å². The van der Waals surface area contributed by atoms with Crippen LogP contribution in [0.25, 0.3) is 0 Å². The van der Waals surface area contributed by atoms with Crippen molar-refractivity contribution in [3.8, 4) is 0 Å². The summed E-state index contributed by atoms with van der Waals surface area (Å²) in [5.74, 6) is 0.368. The van der Waals surface area contributed by atoms with E-state index in [1.165, 1.54) is 5.06 Å². The highest BCUT2D eigenvalue weighted by molar-refractivity contribution is 5.80. The molecule has 1 saturated heterocycles. The maximum atomic E-state index is 11.6. The van der Waals surface area contributed by atoms with Crippen LogP contribution < -0.4 is 5.73 Å². The largest absolute Gasteiger partial charge is 0.320 e. The summed E-state index contributed by atoms with van der Waals surface area (Å²) >= 11 is 0. The summed E-state index contributed by atoms with van der Waals surface area (Å²) in [4.78, 5) is 16.7. The van der Waals surface area contributed by atoms with E-state index in [0.29, 0.717) is 19.1 Å². The van der Waals surface area contributed by atoms with E-state index in [9.17, 15) is 4.79 Å². The Bertz CT molecular complexity index is 176. The van der Waals surface area contributed by atoms with Crippen LogP contribution in [0.1, 0.15) is 26.7 Å². The molecule has 1 heterocycles. The van der Waals surface area contributed by atoms with Gasteiger partial charge in [-0.3, -0.25) is 9.63 Å². The van der Waals surface area contributed by atoms with Crippen molar-refractivity contribution in [3.05, 3.63) is 0 Å². The van der Waals surface area contributed by atoms with E-state index < -0.39 is 6.04 Å². The molecule has 1 rings (SSSR count). The van der Waals surface area contributed by atoms with Crippen molar-refractivity contribution in [1.82, 2.24) is 5.06 Å². The first-order valence-corrected chi connectivity index (χ1v) is 4.81. The zero-order valence-electron chi connectivity index (χ0n) is 8.32. The highest BCUT2D eigenvalue weighted by Gasteiger charge is 2.25. The summed E-state index contributed by atoms with van der Waals surface area (Å²) in [5.41, 5.74) is 5.73. The second-order valence-electron chi connectivity index (χ2n) is 3.86. The van der Waals surface area contributed by atoms with E-state index >= 15 is 0 Å². The highest BCUT2D eigenvalue weighted by Crippen LogP contribution is 2.10. The number of carbonyl (C=O) groups excluding carboxylic acids is 1. The van der Waals surface area contributed by atoms with Gasteiger partial charge in [0.2, 0.25) is 0 Å². The first-order valence-electron chi connectivity index (χ1n) is 4.81. The SMILES string of the molecule is CC(C)CC(N)C(=O)N1CCCO1. The monoisotopic (exact) mass is 186 g/mol. The molecule has 1 amide bonds. The number of hydrogen-bond acceptors (Lipinski definition) is 3. The maximum Gasteiger partial charge on any atom is 0.263 e. The zero-order valence-corrected chi connectivity index (χ0v) is 8.32. The number of carbonyl (C=O) groups is 1. The van der Waals surface area contributed by atoms with E-state index in [1.807, 2.05) is 0 Å². The molecule has 13 heavy (non-hydrogen) atoms. The fourth-order valence-electron chi connectivity index (χ4n) is 1.41. The molecule has 0 bridgehead atoms. The second kappa shape index (κ2) is 4.58. The van der Waals surface area contributed by atoms with E-state index in [4.69, 9.17) is 10.6 Å². The highest BCUT2D eigenvalue weighted by atomic mass is 16.7. The van der Waals surface area contributed by atoms with Gasteiger partial charge in [-0.25, -0.2) is 5.06 Å². The van der Waals surface area contributed by atoms with Crippen molar-refractivity contribution in [3.63, 3.8) is 0 Å². The van der Waals surface area contributed by atoms with Crippen LogP contribution in [-0.4, -0.2) is 30.2 Å². The molecule has 0 saturated carbocycles. The molecule has 1 atom stereocenters. The smallest absolute Gasteiger partial charge is 0.263 e. The van der Waals surface area contributed by atoms with Crippen LogP contribution in [0, 0.1) is 5.92 Å². The lowest BCUT2D eigenvalue weighted by molar-refractivity contribution is -0.170. The molecule has 4 heteroatoms. The van der Waals surface area contributed by atoms with Crippen molar-refractivity contribution in [1.29, 1.82) is 0 Å². The van der Waals surface area contributed by atoms with Gasteiger partial charge in [0.15, 0.2) is 0 Å². The Hall–Kier alpha value is -0.610. The number of rotatable bonds is 3. The number of nitrogens with zero attached hydrogens (tertiary/aromatic N) is 1. The Kier molecular flexibility index (Phi) is 3.69. The number of hydrogen-bond donors (Lipinski definition) is 1. The molecule has 2 N–H and O–H groups in total. The van der Waals surface area contributed by atoms with Crippen LogP contribution in [0.4, 0.5) is 0 Å². The molecule has 1 aliphatic rings. The van der Waals surface area contributed by atoms with E-state index in [2.05, 4.69) is 13.8 Å². The fraction of sp³-hybridized carbons (Fsp3) is 0.889. The Morgan fingerprint density at radius 1 is 1.62 bits per heavy atom. The summed E-state index contributed by atoms with van der Waals surface area (Å²) in [6, 6.07) is -0.405. The molecule has 1 aliphatic heterocycles. The van der Waals surface area contributed by atoms with Crippen LogP contribution >= 0.6 is 0 Å². The van der Waals surface area contributed by atoms with Gasteiger partial charge in [0.1, 0.15) is 0 Å². The third-order valence-corrected chi connectivity index (χ3v) is 2.04. The summed E-state index contributed by atoms with van der Waals surface area (Å²) in [6.07, 6.45) is 1.64. The van der Waals surface area contributed by atoms with Gasteiger partial charge in [-0.1, -0.05) is 13.8 Å². The average Bonchev–Trinajstić information content (AvgIpc) is 2.53. The van der Waals surface area contributed by atoms with Gasteiger partial charge in [-0.2, -0.15) is 0 Å². The minimum Gasteiger partial charge on any atom is -0.320 e. The first kappa shape index (κ1) is 10.5. The number of hydroxylamine groups is 2. The predicted molar refractivity (Wildman–Crippen MR) is 49.7 cm³/mol. The van der Waals surface area contributed by atoms with Gasteiger partial charge in [-0.15, -0.1) is 0 Å². The molecular weight excluding hydrogens is 168 g/mol. The molecule has 0 spiro atoms. The molecule has 0 aliphatic carbocycles. The van der Waals surface area contributed by atoms with Crippen molar-refractivity contribution < 1.29 is 9.63 Å². The molecule has 0 aromatic heterocycles. The third kappa shape index (κ3) is 2.97. The predicted octanol–water partition coefficient (Wildman–Crippen LogP) is 0.524. The van der Waals surface area contributed by atoms with Crippen molar-refractivity contribution in [2.75, 3.05) is 13.2 Å². The van der Waals surface area contributed by atoms with Crippen LogP contribution in [0.5, 0.6) is 0 Å². The quantitative estimate of drug-likeness (QED) is 0.699.